The van der Waals surface area contributed by atoms with E-state index in [1.165, 1.54) is 0 Å². The van der Waals surface area contributed by atoms with Gasteiger partial charge in [-0.15, -0.1) is 0 Å². The number of carbonyl (C=O) groups is 3. The molecule has 1 aromatic carbocycles. The minimum absolute atomic E-state index is 0.0822. The van der Waals surface area contributed by atoms with E-state index in [1.54, 1.807) is 24.3 Å². The van der Waals surface area contributed by atoms with Crippen molar-refractivity contribution in [3.63, 3.8) is 0 Å². The average molecular weight is 389 g/mol. The summed E-state index contributed by atoms with van der Waals surface area (Å²) in [6.45, 7) is 3.72. The zero-order valence-corrected chi connectivity index (χ0v) is 14.1. The normalized spacial score (nSPS) is 19.2. The van der Waals surface area contributed by atoms with Crippen molar-refractivity contribution in [1.29, 1.82) is 0 Å². The third kappa shape index (κ3) is 5.33. The zero-order chi connectivity index (χ0) is 20.2. The fraction of sp³-hybridized carbons (Fsp3) is 0.438. The maximum absolute atomic E-state index is 12.2. The first-order chi connectivity index (χ1) is 12.6. The summed E-state index contributed by atoms with van der Waals surface area (Å²) in [6.07, 6.45) is -5.08. The second-order valence-electron chi connectivity index (χ2n) is 6.02. The Balaban J connectivity index is 0.000000321. The number of urea groups is 1. The SMILES string of the molecule is O=C(O)C(F)(F)F.O=C(O)c1ccc(CN2CC3CNCCN3C2=O)cc1. The lowest BCUT2D eigenvalue weighted by atomic mass is 10.1. The van der Waals surface area contributed by atoms with E-state index in [0.29, 0.717) is 6.54 Å². The van der Waals surface area contributed by atoms with Crippen LogP contribution < -0.4 is 5.32 Å². The van der Waals surface area contributed by atoms with Crippen LogP contribution in [-0.4, -0.2) is 76.4 Å². The van der Waals surface area contributed by atoms with Gasteiger partial charge in [0.05, 0.1) is 11.6 Å². The molecular formula is C16H18F3N3O5. The average Bonchev–Trinajstić information content (AvgIpc) is 2.91. The number of aromatic carboxylic acids is 1. The summed E-state index contributed by atoms with van der Waals surface area (Å²) in [4.78, 5) is 35.7. The van der Waals surface area contributed by atoms with Crippen molar-refractivity contribution in [1.82, 2.24) is 15.1 Å². The molecule has 27 heavy (non-hydrogen) atoms. The van der Waals surface area contributed by atoms with E-state index in [4.69, 9.17) is 15.0 Å². The topological polar surface area (TPSA) is 110 Å². The van der Waals surface area contributed by atoms with Gasteiger partial charge in [0.1, 0.15) is 0 Å². The molecule has 0 aliphatic carbocycles. The van der Waals surface area contributed by atoms with E-state index >= 15 is 0 Å². The fourth-order valence-corrected chi connectivity index (χ4v) is 2.80. The summed E-state index contributed by atoms with van der Waals surface area (Å²) in [5.74, 6) is -3.69. The van der Waals surface area contributed by atoms with Crippen LogP contribution in [0.5, 0.6) is 0 Å². The number of nitrogens with zero attached hydrogens (tertiary/aromatic N) is 2. The maximum atomic E-state index is 12.2. The van der Waals surface area contributed by atoms with Gasteiger partial charge >= 0.3 is 24.1 Å². The largest absolute Gasteiger partial charge is 0.490 e. The molecule has 2 fully saturated rings. The number of alkyl halides is 3. The molecule has 0 aromatic heterocycles. The second-order valence-corrected chi connectivity index (χ2v) is 6.02. The van der Waals surface area contributed by atoms with Crippen LogP contribution in [-0.2, 0) is 11.3 Å². The molecule has 3 rings (SSSR count). The van der Waals surface area contributed by atoms with E-state index in [-0.39, 0.29) is 17.6 Å². The van der Waals surface area contributed by atoms with Gasteiger partial charge in [0, 0.05) is 32.7 Å². The van der Waals surface area contributed by atoms with Gasteiger partial charge in [0.15, 0.2) is 0 Å². The first kappa shape index (κ1) is 20.5. The Morgan fingerprint density at radius 2 is 1.78 bits per heavy atom. The van der Waals surface area contributed by atoms with E-state index in [0.717, 1.165) is 31.7 Å². The molecule has 2 aliphatic heterocycles. The van der Waals surface area contributed by atoms with Gasteiger partial charge in [-0.05, 0) is 17.7 Å². The van der Waals surface area contributed by atoms with E-state index in [1.807, 2.05) is 9.80 Å². The molecular weight excluding hydrogens is 371 g/mol. The third-order valence-electron chi connectivity index (χ3n) is 4.11. The molecule has 148 valence electrons. The number of rotatable bonds is 3. The number of amides is 2. The molecule has 1 aromatic rings. The van der Waals surface area contributed by atoms with Crippen molar-refractivity contribution < 1.29 is 37.8 Å². The molecule has 2 amide bonds. The molecule has 0 saturated carbocycles. The van der Waals surface area contributed by atoms with Crippen LogP contribution in [0.1, 0.15) is 15.9 Å². The van der Waals surface area contributed by atoms with Crippen molar-refractivity contribution in [3.8, 4) is 0 Å². The number of carbonyl (C=O) groups excluding carboxylic acids is 1. The van der Waals surface area contributed by atoms with E-state index in [2.05, 4.69) is 5.32 Å². The van der Waals surface area contributed by atoms with Crippen molar-refractivity contribution in [2.75, 3.05) is 26.2 Å². The molecule has 1 unspecified atom stereocenters. The number of nitrogens with one attached hydrogen (secondary N) is 1. The number of halogens is 3. The smallest absolute Gasteiger partial charge is 0.478 e. The van der Waals surface area contributed by atoms with Gasteiger partial charge in [0.2, 0.25) is 0 Å². The van der Waals surface area contributed by atoms with Crippen molar-refractivity contribution in [3.05, 3.63) is 35.4 Å². The fourth-order valence-electron chi connectivity index (χ4n) is 2.80. The Labute approximate surface area is 152 Å². The Morgan fingerprint density at radius 3 is 2.26 bits per heavy atom. The highest BCUT2D eigenvalue weighted by Gasteiger charge is 2.38. The number of benzene rings is 1. The summed E-state index contributed by atoms with van der Waals surface area (Å²) in [5, 5.41) is 19.3. The van der Waals surface area contributed by atoms with Crippen LogP contribution in [0.15, 0.2) is 24.3 Å². The van der Waals surface area contributed by atoms with Crippen molar-refractivity contribution in [2.24, 2.45) is 0 Å². The first-order valence-corrected chi connectivity index (χ1v) is 7.98. The second kappa shape index (κ2) is 8.25. The van der Waals surface area contributed by atoms with Crippen LogP contribution >= 0.6 is 0 Å². The monoisotopic (exact) mass is 389 g/mol. The molecule has 0 spiro atoms. The Morgan fingerprint density at radius 1 is 1.19 bits per heavy atom. The molecule has 2 heterocycles. The summed E-state index contributed by atoms with van der Waals surface area (Å²) >= 11 is 0. The molecule has 2 aliphatic rings. The number of piperazine rings is 1. The molecule has 1 atom stereocenters. The van der Waals surface area contributed by atoms with Crippen LogP contribution in [0.4, 0.5) is 18.0 Å². The van der Waals surface area contributed by atoms with Gasteiger partial charge in [-0.3, -0.25) is 0 Å². The Bertz CT molecular complexity index is 708. The van der Waals surface area contributed by atoms with Gasteiger partial charge in [0.25, 0.3) is 0 Å². The van der Waals surface area contributed by atoms with Gasteiger partial charge in [-0.2, -0.15) is 13.2 Å². The molecule has 11 heteroatoms. The van der Waals surface area contributed by atoms with Crippen molar-refractivity contribution in [2.45, 2.75) is 18.8 Å². The number of carboxylic acids is 2. The zero-order valence-electron chi connectivity index (χ0n) is 14.1. The predicted molar refractivity (Wildman–Crippen MR) is 86.3 cm³/mol. The number of hydrogen-bond donors (Lipinski definition) is 3. The molecule has 3 N–H and O–H groups in total. The maximum Gasteiger partial charge on any atom is 0.490 e. The quantitative estimate of drug-likeness (QED) is 0.717. The lowest BCUT2D eigenvalue weighted by Crippen LogP contribution is -2.49. The standard InChI is InChI=1S/C14H17N3O3.C2HF3O2/c18-13(19)11-3-1-10(2-4-11)8-16-9-12-7-15-5-6-17(12)14(16)20;3-2(4,5)1(6)7/h1-4,12,15H,5-9H2,(H,18,19);(H,6,7). The van der Waals surface area contributed by atoms with Crippen molar-refractivity contribution >= 4 is 18.0 Å². The summed E-state index contributed by atoms with van der Waals surface area (Å²) in [5.41, 5.74) is 1.22. The Hall–Kier alpha value is -2.82. The highest BCUT2D eigenvalue weighted by molar-refractivity contribution is 5.87. The molecule has 0 radical (unpaired) electrons. The molecule has 0 bridgehead atoms. The van der Waals surface area contributed by atoms with Crippen LogP contribution in [0, 0.1) is 0 Å². The third-order valence-corrected chi connectivity index (χ3v) is 4.11. The molecule has 8 nitrogen and oxygen atoms in total. The first-order valence-electron chi connectivity index (χ1n) is 7.98. The lowest BCUT2D eigenvalue weighted by molar-refractivity contribution is -0.192. The van der Waals surface area contributed by atoms with Gasteiger partial charge in [-0.1, -0.05) is 12.1 Å². The van der Waals surface area contributed by atoms with Crippen LogP contribution in [0.3, 0.4) is 0 Å². The number of hydrogen-bond acceptors (Lipinski definition) is 4. The van der Waals surface area contributed by atoms with Gasteiger partial charge < -0.3 is 25.3 Å². The summed E-state index contributed by atoms with van der Waals surface area (Å²) < 4.78 is 31.7. The molecule has 2 saturated heterocycles. The minimum Gasteiger partial charge on any atom is -0.478 e. The summed E-state index contributed by atoms with van der Waals surface area (Å²) in [6, 6.07) is 7.03. The number of aliphatic carboxylic acids is 1. The predicted octanol–water partition coefficient (Wildman–Crippen LogP) is 1.23. The number of carboxylic acid groups (broad SMARTS) is 2. The Kier molecular flexibility index (Phi) is 6.26. The van der Waals surface area contributed by atoms with Gasteiger partial charge in [-0.25, -0.2) is 14.4 Å². The highest BCUT2D eigenvalue weighted by atomic mass is 19.4. The van der Waals surface area contributed by atoms with E-state index in [9.17, 15) is 22.8 Å². The highest BCUT2D eigenvalue weighted by Crippen LogP contribution is 2.20. The lowest BCUT2D eigenvalue weighted by Gasteiger charge is -2.28. The summed E-state index contributed by atoms with van der Waals surface area (Å²) in [7, 11) is 0. The minimum atomic E-state index is -5.08. The number of fused-ring (bicyclic) bond motifs is 1. The van der Waals surface area contributed by atoms with Crippen LogP contribution in [0.25, 0.3) is 0 Å². The van der Waals surface area contributed by atoms with Crippen LogP contribution in [0.2, 0.25) is 0 Å². The van der Waals surface area contributed by atoms with E-state index < -0.39 is 18.1 Å².